The molecule has 0 bridgehead atoms. The van der Waals surface area contributed by atoms with Crippen LogP contribution >= 0.6 is 0 Å². The third kappa shape index (κ3) is 5.80. The minimum Gasteiger partial charge on any atom is -0.350 e. The highest BCUT2D eigenvalue weighted by Crippen LogP contribution is 2.24. The van der Waals surface area contributed by atoms with E-state index in [4.69, 9.17) is 4.84 Å². The van der Waals surface area contributed by atoms with Crippen molar-refractivity contribution < 1.29 is 9.63 Å². The van der Waals surface area contributed by atoms with Gasteiger partial charge in [-0.25, -0.2) is 4.79 Å². The number of benzene rings is 1. The summed E-state index contributed by atoms with van der Waals surface area (Å²) in [7, 11) is 0. The number of rotatable bonds is 4. The van der Waals surface area contributed by atoms with Crippen LogP contribution in [0.2, 0.25) is 0 Å². The molecule has 134 valence electrons. The Balaban J connectivity index is 1.84. The standard InChI is InChI=1S/C19H31N3O2/c1-14-11-17(20-13-16-9-7-6-8-10-16)12-15(2)22(14)24-18(23)21-19(3,4)5/h6-10,14-15,17,20H,11-13H2,1-5H3,(H,21,23). The lowest BCUT2D eigenvalue weighted by Crippen LogP contribution is -2.54. The van der Waals surface area contributed by atoms with Crippen molar-refractivity contribution >= 4 is 6.09 Å². The molecule has 0 aromatic heterocycles. The molecule has 1 heterocycles. The molecule has 0 spiro atoms. The Bertz CT molecular complexity index is 515. The zero-order chi connectivity index (χ0) is 17.7. The summed E-state index contributed by atoms with van der Waals surface area (Å²) in [6, 6.07) is 11.2. The number of piperidine rings is 1. The molecular weight excluding hydrogens is 302 g/mol. The minimum absolute atomic E-state index is 0.188. The van der Waals surface area contributed by atoms with E-state index in [0.717, 1.165) is 19.4 Å². The number of nitrogens with zero attached hydrogens (tertiary/aromatic N) is 1. The first kappa shape index (κ1) is 18.7. The molecule has 1 aromatic carbocycles. The molecule has 0 radical (unpaired) electrons. The Hall–Kier alpha value is -1.59. The first-order valence-electron chi connectivity index (χ1n) is 8.80. The van der Waals surface area contributed by atoms with Gasteiger partial charge in [0.25, 0.3) is 0 Å². The van der Waals surface area contributed by atoms with Gasteiger partial charge >= 0.3 is 6.09 Å². The van der Waals surface area contributed by atoms with Crippen molar-refractivity contribution in [1.82, 2.24) is 15.7 Å². The predicted octanol–water partition coefficient (Wildman–Crippen LogP) is 3.46. The van der Waals surface area contributed by atoms with E-state index in [-0.39, 0.29) is 23.7 Å². The monoisotopic (exact) mass is 333 g/mol. The molecule has 2 rings (SSSR count). The van der Waals surface area contributed by atoms with Crippen LogP contribution in [0.3, 0.4) is 0 Å². The summed E-state index contributed by atoms with van der Waals surface area (Å²) in [6.07, 6.45) is 1.54. The van der Waals surface area contributed by atoms with Crippen LogP contribution in [-0.4, -0.2) is 34.8 Å². The van der Waals surface area contributed by atoms with Gasteiger partial charge in [0.15, 0.2) is 0 Å². The summed E-state index contributed by atoms with van der Waals surface area (Å²) >= 11 is 0. The zero-order valence-corrected chi connectivity index (χ0v) is 15.5. The third-order valence-corrected chi connectivity index (χ3v) is 4.22. The van der Waals surface area contributed by atoms with Crippen LogP contribution in [0.5, 0.6) is 0 Å². The van der Waals surface area contributed by atoms with Gasteiger partial charge in [-0.05, 0) is 53.0 Å². The van der Waals surface area contributed by atoms with Crippen LogP contribution in [0.1, 0.15) is 53.0 Å². The van der Waals surface area contributed by atoms with Crippen LogP contribution in [0, 0.1) is 0 Å². The van der Waals surface area contributed by atoms with E-state index in [9.17, 15) is 4.79 Å². The molecule has 1 aliphatic heterocycles. The summed E-state index contributed by atoms with van der Waals surface area (Å²) in [6.45, 7) is 10.9. The second kappa shape index (κ2) is 7.99. The van der Waals surface area contributed by atoms with Gasteiger partial charge in [-0.15, -0.1) is 5.06 Å². The van der Waals surface area contributed by atoms with Gasteiger partial charge in [0.2, 0.25) is 0 Å². The molecule has 1 fully saturated rings. The molecule has 2 atom stereocenters. The lowest BCUT2D eigenvalue weighted by molar-refractivity contribution is -0.174. The molecule has 1 amide bonds. The summed E-state index contributed by atoms with van der Waals surface area (Å²) in [4.78, 5) is 17.6. The average Bonchev–Trinajstić information content (AvgIpc) is 2.48. The van der Waals surface area contributed by atoms with Gasteiger partial charge in [-0.3, -0.25) is 0 Å². The summed E-state index contributed by atoms with van der Waals surface area (Å²) in [5, 5.41) is 8.31. The summed E-state index contributed by atoms with van der Waals surface area (Å²) in [5.41, 5.74) is 1.00. The number of hydrogen-bond donors (Lipinski definition) is 2. The topological polar surface area (TPSA) is 53.6 Å². The Morgan fingerprint density at radius 2 is 1.75 bits per heavy atom. The van der Waals surface area contributed by atoms with Gasteiger partial charge in [0, 0.05) is 30.2 Å². The van der Waals surface area contributed by atoms with E-state index in [2.05, 4.69) is 48.7 Å². The minimum atomic E-state index is -0.378. The highest BCUT2D eigenvalue weighted by Gasteiger charge is 2.34. The summed E-state index contributed by atoms with van der Waals surface area (Å²) < 4.78 is 0. The van der Waals surface area contributed by atoms with Gasteiger partial charge in [0.05, 0.1) is 0 Å². The molecule has 2 unspecified atom stereocenters. The van der Waals surface area contributed by atoms with Gasteiger partial charge in [-0.1, -0.05) is 30.3 Å². The molecule has 0 saturated carbocycles. The van der Waals surface area contributed by atoms with E-state index < -0.39 is 0 Å². The van der Waals surface area contributed by atoms with E-state index in [1.165, 1.54) is 5.56 Å². The molecular formula is C19H31N3O2. The number of hydrogen-bond acceptors (Lipinski definition) is 4. The van der Waals surface area contributed by atoms with Crippen molar-refractivity contribution in [2.45, 2.75) is 77.7 Å². The van der Waals surface area contributed by atoms with Gasteiger partial charge in [0.1, 0.15) is 0 Å². The van der Waals surface area contributed by atoms with Crippen LogP contribution in [0.4, 0.5) is 4.79 Å². The zero-order valence-electron chi connectivity index (χ0n) is 15.5. The smallest absolute Gasteiger partial charge is 0.350 e. The highest BCUT2D eigenvalue weighted by molar-refractivity contribution is 5.67. The molecule has 1 aromatic rings. The largest absolute Gasteiger partial charge is 0.426 e. The van der Waals surface area contributed by atoms with Crippen LogP contribution in [-0.2, 0) is 11.4 Å². The second-order valence-electron chi connectivity index (χ2n) is 7.85. The molecule has 1 aliphatic rings. The first-order chi connectivity index (χ1) is 11.2. The Kier molecular flexibility index (Phi) is 6.24. The normalized spacial score (nSPS) is 25.3. The second-order valence-corrected chi connectivity index (χ2v) is 7.85. The van der Waals surface area contributed by atoms with Crippen LogP contribution < -0.4 is 10.6 Å². The van der Waals surface area contributed by atoms with Crippen molar-refractivity contribution in [3.63, 3.8) is 0 Å². The van der Waals surface area contributed by atoms with E-state index in [0.29, 0.717) is 6.04 Å². The van der Waals surface area contributed by atoms with Gasteiger partial charge < -0.3 is 15.5 Å². The van der Waals surface area contributed by atoms with Crippen molar-refractivity contribution in [2.24, 2.45) is 0 Å². The maximum absolute atomic E-state index is 12.0. The molecule has 5 heteroatoms. The van der Waals surface area contributed by atoms with Crippen LogP contribution in [0.25, 0.3) is 0 Å². The number of carbonyl (C=O) groups excluding carboxylic acids is 1. The maximum atomic E-state index is 12.0. The lowest BCUT2D eigenvalue weighted by atomic mass is 9.94. The number of hydroxylamine groups is 2. The van der Waals surface area contributed by atoms with E-state index in [1.54, 1.807) is 0 Å². The molecule has 2 N–H and O–H groups in total. The average molecular weight is 333 g/mol. The first-order valence-corrected chi connectivity index (χ1v) is 8.80. The molecule has 24 heavy (non-hydrogen) atoms. The van der Waals surface area contributed by atoms with E-state index in [1.807, 2.05) is 31.9 Å². The molecule has 1 saturated heterocycles. The number of nitrogens with one attached hydrogen (secondary N) is 2. The number of amides is 1. The third-order valence-electron chi connectivity index (χ3n) is 4.22. The Morgan fingerprint density at radius 1 is 1.17 bits per heavy atom. The van der Waals surface area contributed by atoms with Crippen LogP contribution in [0.15, 0.2) is 30.3 Å². The molecule has 0 aliphatic carbocycles. The van der Waals surface area contributed by atoms with E-state index >= 15 is 0 Å². The van der Waals surface area contributed by atoms with Crippen molar-refractivity contribution in [2.75, 3.05) is 0 Å². The Morgan fingerprint density at radius 3 is 2.29 bits per heavy atom. The van der Waals surface area contributed by atoms with Gasteiger partial charge in [-0.2, -0.15) is 0 Å². The quantitative estimate of drug-likeness (QED) is 0.886. The fourth-order valence-electron chi connectivity index (χ4n) is 3.19. The van der Waals surface area contributed by atoms with Crippen molar-refractivity contribution in [3.05, 3.63) is 35.9 Å². The maximum Gasteiger partial charge on any atom is 0.426 e. The highest BCUT2D eigenvalue weighted by atomic mass is 16.7. The molecule has 5 nitrogen and oxygen atoms in total. The van der Waals surface area contributed by atoms with Crippen molar-refractivity contribution in [3.8, 4) is 0 Å². The SMILES string of the molecule is CC1CC(NCc2ccccc2)CC(C)N1OC(=O)NC(C)(C)C. The fourth-order valence-corrected chi connectivity index (χ4v) is 3.19. The Labute approximate surface area is 145 Å². The predicted molar refractivity (Wildman–Crippen MR) is 96.4 cm³/mol. The summed E-state index contributed by atoms with van der Waals surface area (Å²) in [5.74, 6) is 0. The fraction of sp³-hybridized carbons (Fsp3) is 0.632. The van der Waals surface area contributed by atoms with Crippen molar-refractivity contribution in [1.29, 1.82) is 0 Å². The number of carbonyl (C=O) groups is 1. The lowest BCUT2D eigenvalue weighted by Gasteiger charge is -2.41.